The highest BCUT2D eigenvalue weighted by Crippen LogP contribution is 2.08. The third kappa shape index (κ3) is 6.86. The molecule has 1 saturated heterocycles. The van der Waals surface area contributed by atoms with Crippen molar-refractivity contribution in [2.24, 2.45) is 0 Å². The molecule has 0 aliphatic carbocycles. The quantitative estimate of drug-likeness (QED) is 0.671. The molecule has 1 rings (SSSR count). The molecule has 20 heavy (non-hydrogen) atoms. The Morgan fingerprint density at radius 1 is 1.35 bits per heavy atom. The molecule has 1 aliphatic heterocycles. The van der Waals surface area contributed by atoms with Gasteiger partial charge in [-0.2, -0.15) is 0 Å². The number of likely N-dealkylation sites (N-methyl/N-ethyl adjacent to an activating group) is 1. The highest BCUT2D eigenvalue weighted by molar-refractivity contribution is 5.95. The lowest BCUT2D eigenvalue weighted by molar-refractivity contribution is -0.121. The Bertz CT molecular complexity index is 314. The summed E-state index contributed by atoms with van der Waals surface area (Å²) in [5, 5.41) is 8.48. The first-order valence-corrected chi connectivity index (χ1v) is 7.57. The predicted octanol–water partition coefficient (Wildman–Crippen LogP) is 0.685. The van der Waals surface area contributed by atoms with Gasteiger partial charge in [-0.15, -0.1) is 0 Å². The Morgan fingerprint density at radius 2 is 2.10 bits per heavy atom. The number of carbonyl (C=O) groups excluding carboxylic acids is 2. The second-order valence-corrected chi connectivity index (χ2v) is 5.65. The van der Waals surface area contributed by atoms with Gasteiger partial charge in [0.1, 0.15) is 0 Å². The second-order valence-electron chi connectivity index (χ2n) is 5.65. The third-order valence-electron chi connectivity index (χ3n) is 3.38. The van der Waals surface area contributed by atoms with Crippen molar-refractivity contribution in [3.05, 3.63) is 0 Å². The molecule has 6 heteroatoms. The summed E-state index contributed by atoms with van der Waals surface area (Å²) in [6, 6.07) is 0.0642. The van der Waals surface area contributed by atoms with E-state index >= 15 is 0 Å². The lowest BCUT2D eigenvalue weighted by Crippen LogP contribution is -2.49. The van der Waals surface area contributed by atoms with Crippen LogP contribution < -0.4 is 16.0 Å². The van der Waals surface area contributed by atoms with Crippen molar-refractivity contribution in [1.82, 2.24) is 20.9 Å². The molecular weight excluding hydrogens is 256 g/mol. The van der Waals surface area contributed by atoms with Crippen LogP contribution in [0.25, 0.3) is 0 Å². The molecule has 1 fully saturated rings. The number of amides is 3. The summed E-state index contributed by atoms with van der Waals surface area (Å²) in [4.78, 5) is 25.3. The molecule has 0 spiro atoms. The van der Waals surface area contributed by atoms with Crippen LogP contribution in [0.3, 0.4) is 0 Å². The van der Waals surface area contributed by atoms with Gasteiger partial charge in [-0.25, -0.2) is 4.79 Å². The van der Waals surface area contributed by atoms with Gasteiger partial charge >= 0.3 is 6.03 Å². The summed E-state index contributed by atoms with van der Waals surface area (Å²) in [5.41, 5.74) is 0. The van der Waals surface area contributed by atoms with Gasteiger partial charge < -0.3 is 10.6 Å². The molecule has 1 unspecified atom stereocenters. The molecule has 0 bridgehead atoms. The van der Waals surface area contributed by atoms with Crippen LogP contribution in [0.1, 0.15) is 40.0 Å². The van der Waals surface area contributed by atoms with E-state index in [0.29, 0.717) is 6.04 Å². The molecular formula is C14H28N4O2. The normalized spacial score (nSPS) is 19.1. The maximum atomic E-state index is 11.8. The highest BCUT2D eigenvalue weighted by atomic mass is 16.2. The molecule has 0 radical (unpaired) electrons. The number of hydrogen-bond donors (Lipinski definition) is 3. The fraction of sp³-hybridized carbons (Fsp3) is 0.857. The minimum atomic E-state index is -0.420. The van der Waals surface area contributed by atoms with E-state index in [-0.39, 0.29) is 18.5 Å². The van der Waals surface area contributed by atoms with Gasteiger partial charge in [-0.1, -0.05) is 13.3 Å². The van der Waals surface area contributed by atoms with E-state index in [1.165, 1.54) is 12.8 Å². The molecule has 1 atom stereocenters. The molecule has 116 valence electrons. The Labute approximate surface area is 121 Å². The Hall–Kier alpha value is -1.14. The summed E-state index contributed by atoms with van der Waals surface area (Å²) >= 11 is 0. The Balaban J connectivity index is 2.31. The van der Waals surface area contributed by atoms with Crippen molar-refractivity contribution in [3.8, 4) is 0 Å². The van der Waals surface area contributed by atoms with Crippen LogP contribution in [0.4, 0.5) is 4.79 Å². The number of nitrogens with one attached hydrogen (secondary N) is 3. The zero-order valence-corrected chi connectivity index (χ0v) is 12.9. The first-order chi connectivity index (χ1) is 9.51. The lowest BCUT2D eigenvalue weighted by Gasteiger charge is -2.29. The maximum absolute atomic E-state index is 11.8. The van der Waals surface area contributed by atoms with Crippen molar-refractivity contribution in [2.45, 2.75) is 52.1 Å². The topological polar surface area (TPSA) is 73.5 Å². The Morgan fingerprint density at radius 3 is 2.65 bits per heavy atom. The highest BCUT2D eigenvalue weighted by Gasteiger charge is 2.18. The minimum absolute atomic E-state index is 0.0246. The molecule has 3 N–H and O–H groups in total. The monoisotopic (exact) mass is 284 g/mol. The number of hydrogen-bond acceptors (Lipinski definition) is 4. The van der Waals surface area contributed by atoms with Gasteiger partial charge in [0, 0.05) is 18.6 Å². The average Bonchev–Trinajstić information content (AvgIpc) is 2.37. The van der Waals surface area contributed by atoms with Crippen LogP contribution in [0, 0.1) is 0 Å². The van der Waals surface area contributed by atoms with E-state index in [1.54, 1.807) is 0 Å². The minimum Gasteiger partial charge on any atom is -0.336 e. The van der Waals surface area contributed by atoms with Crippen LogP contribution in [0.2, 0.25) is 0 Å². The number of carbonyl (C=O) groups is 2. The van der Waals surface area contributed by atoms with E-state index in [2.05, 4.69) is 20.9 Å². The van der Waals surface area contributed by atoms with Gasteiger partial charge in [-0.3, -0.25) is 15.0 Å². The van der Waals surface area contributed by atoms with Crippen LogP contribution in [-0.2, 0) is 4.79 Å². The molecule has 0 saturated carbocycles. The zero-order chi connectivity index (χ0) is 15.0. The van der Waals surface area contributed by atoms with Gasteiger partial charge in [0.05, 0.1) is 6.54 Å². The van der Waals surface area contributed by atoms with E-state index in [0.717, 1.165) is 26.1 Å². The summed E-state index contributed by atoms with van der Waals surface area (Å²) in [7, 11) is 0. The fourth-order valence-electron chi connectivity index (χ4n) is 2.36. The summed E-state index contributed by atoms with van der Waals surface area (Å²) < 4.78 is 0. The number of urea groups is 1. The number of rotatable bonds is 6. The fourth-order valence-corrected chi connectivity index (χ4v) is 2.36. The van der Waals surface area contributed by atoms with Crippen molar-refractivity contribution in [2.75, 3.05) is 26.2 Å². The number of imide groups is 1. The van der Waals surface area contributed by atoms with E-state index in [9.17, 15) is 9.59 Å². The number of nitrogens with zero attached hydrogens (tertiary/aromatic N) is 1. The van der Waals surface area contributed by atoms with E-state index in [1.807, 2.05) is 20.8 Å². The third-order valence-corrected chi connectivity index (χ3v) is 3.38. The van der Waals surface area contributed by atoms with Crippen LogP contribution in [0.5, 0.6) is 0 Å². The molecule has 3 amide bonds. The van der Waals surface area contributed by atoms with Crippen LogP contribution in [-0.4, -0.2) is 55.1 Å². The van der Waals surface area contributed by atoms with Gasteiger partial charge in [-0.05, 0) is 39.8 Å². The van der Waals surface area contributed by atoms with Crippen molar-refractivity contribution >= 4 is 11.9 Å². The second kappa shape index (κ2) is 8.92. The summed E-state index contributed by atoms with van der Waals surface area (Å²) in [6.45, 7) is 8.73. The van der Waals surface area contributed by atoms with Gasteiger partial charge in [0.25, 0.3) is 0 Å². The van der Waals surface area contributed by atoms with Crippen LogP contribution in [0.15, 0.2) is 0 Å². The van der Waals surface area contributed by atoms with Crippen molar-refractivity contribution in [1.29, 1.82) is 0 Å². The van der Waals surface area contributed by atoms with E-state index < -0.39 is 6.03 Å². The van der Waals surface area contributed by atoms with E-state index in [4.69, 9.17) is 0 Å². The molecule has 0 aromatic rings. The standard InChI is InChI=1S/C14H28N4O2/c1-4-18(9-12-7-5-6-8-15-12)10-13(19)17-14(20)16-11(2)3/h11-12,15H,4-10H2,1-3H3,(H2,16,17,19,20). The maximum Gasteiger partial charge on any atom is 0.321 e. The van der Waals surface area contributed by atoms with Crippen molar-refractivity contribution in [3.63, 3.8) is 0 Å². The SMILES string of the molecule is CCN(CC(=O)NC(=O)NC(C)C)CC1CCCCN1. The predicted molar refractivity (Wildman–Crippen MR) is 79.6 cm³/mol. The largest absolute Gasteiger partial charge is 0.336 e. The smallest absolute Gasteiger partial charge is 0.321 e. The Kier molecular flexibility index (Phi) is 7.54. The molecule has 1 aliphatic rings. The van der Waals surface area contributed by atoms with Crippen LogP contribution >= 0.6 is 0 Å². The lowest BCUT2D eigenvalue weighted by atomic mass is 10.0. The van der Waals surface area contributed by atoms with Gasteiger partial charge in [0.15, 0.2) is 0 Å². The zero-order valence-electron chi connectivity index (χ0n) is 12.9. The summed E-state index contributed by atoms with van der Waals surface area (Å²) in [5.74, 6) is -0.249. The van der Waals surface area contributed by atoms with Gasteiger partial charge in [0.2, 0.25) is 5.91 Å². The molecule has 0 aromatic heterocycles. The van der Waals surface area contributed by atoms with Crippen molar-refractivity contribution < 1.29 is 9.59 Å². The number of piperidine rings is 1. The average molecular weight is 284 g/mol. The first-order valence-electron chi connectivity index (χ1n) is 7.57. The first kappa shape index (κ1) is 16.9. The molecule has 0 aromatic carbocycles. The summed E-state index contributed by atoms with van der Waals surface area (Å²) in [6.07, 6.45) is 3.64. The molecule has 6 nitrogen and oxygen atoms in total. The molecule has 1 heterocycles.